The van der Waals surface area contributed by atoms with Gasteiger partial charge in [-0.15, -0.1) is 0 Å². The molecule has 42 heavy (non-hydrogen) atoms. The van der Waals surface area contributed by atoms with E-state index in [9.17, 15) is 10.0 Å². The van der Waals surface area contributed by atoms with Crippen LogP contribution in [0, 0.1) is 0 Å². The Bertz CT molecular complexity index is 1850. The number of hydrogen-bond donors (Lipinski definition) is 0. The molecule has 0 amide bonds. The number of fused-ring (bicyclic) bond motifs is 4. The monoisotopic (exact) mass is 563 g/mol. The Morgan fingerprint density at radius 3 is 1.45 bits per heavy atom. The highest BCUT2D eigenvalue weighted by Crippen LogP contribution is 2.44. The van der Waals surface area contributed by atoms with E-state index in [1.165, 1.54) is 16.7 Å². The van der Waals surface area contributed by atoms with Gasteiger partial charge in [-0.1, -0.05) is 140 Å². The molecule has 7 rings (SSSR count). The Kier molecular flexibility index (Phi) is 8.03. The van der Waals surface area contributed by atoms with Crippen LogP contribution in [0.1, 0.15) is 16.7 Å². The van der Waals surface area contributed by atoms with Crippen molar-refractivity contribution < 1.29 is 14.7 Å². The van der Waals surface area contributed by atoms with E-state index >= 15 is 0 Å². The normalized spacial score (nSPS) is 11.3. The lowest BCUT2D eigenvalue weighted by Gasteiger charge is -2.27. The first-order valence-corrected chi connectivity index (χ1v) is 14.6. The highest BCUT2D eigenvalue weighted by Gasteiger charge is 2.36. The maximum Gasteiger partial charge on any atom is 0.147 e. The van der Waals surface area contributed by atoms with Crippen LogP contribution in [0.4, 0.5) is 0 Å². The first-order chi connectivity index (χ1) is 20.5. The van der Waals surface area contributed by atoms with Gasteiger partial charge in [-0.25, -0.2) is 0 Å². The van der Waals surface area contributed by atoms with Gasteiger partial charge in [0.05, 0.1) is 0 Å². The van der Waals surface area contributed by atoms with E-state index in [2.05, 4.69) is 109 Å². The van der Waals surface area contributed by atoms with E-state index in [4.69, 9.17) is 4.65 Å². The Morgan fingerprint density at radius 1 is 0.476 bits per heavy atom. The van der Waals surface area contributed by atoms with Gasteiger partial charge in [0.25, 0.3) is 0 Å². The Labute approximate surface area is 248 Å². The van der Waals surface area contributed by atoms with Crippen LogP contribution in [0.5, 0.6) is 5.75 Å². The zero-order chi connectivity index (χ0) is 28.9. The summed E-state index contributed by atoms with van der Waals surface area (Å²) in [5, 5.41) is 27.8. The minimum absolute atomic E-state index is 0.0935. The Morgan fingerprint density at radius 2 is 0.929 bits per heavy atom. The molecule has 7 aromatic carbocycles. The molecule has 1 atom stereocenters. The summed E-state index contributed by atoms with van der Waals surface area (Å²) in [6.07, 6.45) is 0. The second-order valence-corrected chi connectivity index (χ2v) is 11.3. The van der Waals surface area contributed by atoms with Crippen LogP contribution >= 0.6 is 9.24 Å². The molecule has 0 N–H and O–H groups in total. The second kappa shape index (κ2) is 12.2. The lowest BCUT2D eigenvalue weighted by molar-refractivity contribution is -0.372. The smallest absolute Gasteiger partial charge is 0.147 e. The lowest BCUT2D eigenvalue weighted by atomic mass is 9.84. The largest absolute Gasteiger partial charge is 0.860 e. The lowest BCUT2D eigenvalue weighted by Crippen LogP contribution is -2.50. The van der Waals surface area contributed by atoms with E-state index < -0.39 is 7.32 Å². The third-order valence-corrected chi connectivity index (χ3v) is 8.94. The van der Waals surface area contributed by atoms with E-state index in [0.717, 1.165) is 32.3 Å². The van der Waals surface area contributed by atoms with Crippen molar-refractivity contribution in [2.45, 2.75) is 5.16 Å². The molecule has 0 fully saturated rings. The van der Waals surface area contributed by atoms with Crippen LogP contribution in [-0.2, 0) is 5.16 Å². The number of benzene rings is 7. The van der Waals surface area contributed by atoms with Crippen molar-refractivity contribution in [3.8, 4) is 5.75 Å². The van der Waals surface area contributed by atoms with Gasteiger partial charge < -0.3 is 14.7 Å². The summed E-state index contributed by atoms with van der Waals surface area (Å²) < 4.78 is 4.94. The van der Waals surface area contributed by atoms with Crippen LogP contribution in [0.15, 0.2) is 158 Å². The minimum atomic E-state index is -2.33. The van der Waals surface area contributed by atoms with Gasteiger partial charge in [0.1, 0.15) is 18.2 Å². The van der Waals surface area contributed by atoms with Gasteiger partial charge in [0, 0.05) is 22.1 Å². The van der Waals surface area contributed by atoms with Gasteiger partial charge >= 0.3 is 0 Å². The molecule has 0 heterocycles. The van der Waals surface area contributed by atoms with Crippen LogP contribution in [-0.4, -0.2) is 7.32 Å². The van der Waals surface area contributed by atoms with Crippen LogP contribution in [0.3, 0.4) is 0 Å². The number of rotatable bonds is 5. The topological polar surface area (TPSA) is 55.3 Å². The molecule has 0 aromatic heterocycles. The first kappa shape index (κ1) is 27.7. The second-order valence-electron chi connectivity index (χ2n) is 10.3. The van der Waals surface area contributed by atoms with Gasteiger partial charge in [-0.3, -0.25) is 0 Å². The predicted molar refractivity (Wildman–Crippen MR) is 176 cm³/mol. The quantitative estimate of drug-likeness (QED) is 0.0760. The molecule has 3 nitrogen and oxygen atoms in total. The van der Waals surface area contributed by atoms with Crippen molar-refractivity contribution in [3.05, 3.63) is 174 Å². The predicted octanol–water partition coefficient (Wildman–Crippen LogP) is 6.82. The van der Waals surface area contributed by atoms with Crippen molar-refractivity contribution in [2.24, 2.45) is 0 Å². The Balaban J connectivity index is 0.000000151. The van der Waals surface area contributed by atoms with Crippen molar-refractivity contribution in [1.29, 1.82) is 0 Å². The van der Waals surface area contributed by atoms with Gasteiger partial charge in [-0.2, -0.15) is 0 Å². The third kappa shape index (κ3) is 5.53. The molecule has 1 unspecified atom stereocenters. The molecule has 0 bridgehead atoms. The standard InChI is InChI=1S/C19H17P.C18H11BO3/c20-19(16-10-4-1-5-11-16,17-12-6-2-7-13-17)18-14-8-3-9-15-18;20-19(21)22-17-7-3-6-12-8-9-15-10-13-4-1-2-5-14(13)11-16(15)18(12)17/h1-15H,20H2;1-11H/q;-2/p+1. The molecule has 0 aliphatic heterocycles. The minimum Gasteiger partial charge on any atom is -0.860 e. The maximum atomic E-state index is 10.9. The molecule has 5 heteroatoms. The van der Waals surface area contributed by atoms with Crippen molar-refractivity contribution >= 4 is 48.9 Å². The Hall–Kier alpha value is -4.47. The molecule has 7 aromatic rings. The summed E-state index contributed by atoms with van der Waals surface area (Å²) >= 11 is 0. The number of hydrogen-bond acceptors (Lipinski definition) is 3. The van der Waals surface area contributed by atoms with E-state index in [1.54, 1.807) is 12.1 Å². The van der Waals surface area contributed by atoms with Gasteiger partial charge in [-0.05, 0) is 54.4 Å². The van der Waals surface area contributed by atoms with Crippen molar-refractivity contribution in [1.82, 2.24) is 0 Å². The highest BCUT2D eigenvalue weighted by atomic mass is 31.0. The van der Waals surface area contributed by atoms with E-state index in [0.29, 0.717) is 5.75 Å². The molecule has 204 valence electrons. The summed E-state index contributed by atoms with van der Waals surface area (Å²) in [4.78, 5) is 0. The average molecular weight is 563 g/mol. The van der Waals surface area contributed by atoms with Crippen LogP contribution in [0.2, 0.25) is 0 Å². The third-order valence-electron chi connectivity index (χ3n) is 7.71. The molecule has 0 radical (unpaired) electrons. The fourth-order valence-electron chi connectivity index (χ4n) is 5.64. The SMILES string of the molecule is [O-]B([O-])Oc1cccc2ccc3cc4ccccc4cc3c12.[PH3+]C(c1ccccc1)(c1ccccc1)c1ccccc1. The first-order valence-electron chi connectivity index (χ1n) is 13.9. The zero-order valence-corrected chi connectivity index (χ0v) is 24.4. The molecule has 0 saturated carbocycles. The van der Waals surface area contributed by atoms with Gasteiger partial charge in [0.15, 0.2) is 0 Å². The summed E-state index contributed by atoms with van der Waals surface area (Å²) in [5.41, 5.74) is 3.99. The summed E-state index contributed by atoms with van der Waals surface area (Å²) in [7, 11) is -0.287. The average Bonchev–Trinajstić information content (AvgIpc) is 3.04. The van der Waals surface area contributed by atoms with Crippen molar-refractivity contribution in [2.75, 3.05) is 0 Å². The molecule has 0 saturated heterocycles. The summed E-state index contributed by atoms with van der Waals surface area (Å²) in [6, 6.07) is 53.9. The highest BCUT2D eigenvalue weighted by molar-refractivity contribution is 7.19. The van der Waals surface area contributed by atoms with E-state index in [-0.39, 0.29) is 5.16 Å². The summed E-state index contributed by atoms with van der Waals surface area (Å²) in [5.74, 6) is 0.341. The van der Waals surface area contributed by atoms with Crippen molar-refractivity contribution in [3.63, 3.8) is 0 Å². The molecular weight excluding hydrogens is 534 g/mol. The van der Waals surface area contributed by atoms with Crippen LogP contribution < -0.4 is 14.7 Å². The van der Waals surface area contributed by atoms with E-state index in [1.807, 2.05) is 45.6 Å². The molecule has 0 aliphatic rings. The maximum absolute atomic E-state index is 10.9. The summed E-state index contributed by atoms with van der Waals surface area (Å²) in [6.45, 7) is 0. The zero-order valence-electron chi connectivity index (χ0n) is 23.0. The fraction of sp³-hybridized carbons (Fsp3) is 0.0270. The molecule has 0 aliphatic carbocycles. The molecule has 0 spiro atoms. The molecular formula is C37H29BO3P-. The fourth-order valence-corrected chi connectivity index (χ4v) is 6.34. The van der Waals surface area contributed by atoms with Gasteiger partial charge in [0.2, 0.25) is 0 Å². The van der Waals surface area contributed by atoms with Crippen LogP contribution in [0.25, 0.3) is 32.3 Å².